The van der Waals surface area contributed by atoms with E-state index in [9.17, 15) is 4.79 Å². The molecule has 0 aliphatic rings. The summed E-state index contributed by atoms with van der Waals surface area (Å²) in [5.41, 5.74) is 0.147. The van der Waals surface area contributed by atoms with Crippen molar-refractivity contribution < 1.29 is 9.53 Å². The second-order valence-corrected chi connectivity index (χ2v) is 6.18. The molecule has 0 rings (SSSR count). The first-order valence-corrected chi connectivity index (χ1v) is 8.14. The maximum Gasteiger partial charge on any atom is 0.306 e. The normalized spacial score (nSPS) is 11.6. The van der Waals surface area contributed by atoms with Crippen molar-refractivity contribution >= 4 is 5.97 Å². The molecule has 19 heavy (non-hydrogen) atoms. The van der Waals surface area contributed by atoms with E-state index in [-0.39, 0.29) is 11.4 Å². The van der Waals surface area contributed by atoms with E-state index < -0.39 is 0 Å². The van der Waals surface area contributed by atoms with Gasteiger partial charge in [0, 0.05) is 0 Å². The predicted molar refractivity (Wildman–Crippen MR) is 82.3 cm³/mol. The van der Waals surface area contributed by atoms with Gasteiger partial charge in [0.2, 0.25) is 0 Å². The van der Waals surface area contributed by atoms with Crippen LogP contribution in [0.1, 0.15) is 91.4 Å². The van der Waals surface area contributed by atoms with Crippen LogP contribution in [-0.2, 0) is 9.53 Å². The van der Waals surface area contributed by atoms with Crippen LogP contribution < -0.4 is 0 Å². The van der Waals surface area contributed by atoms with E-state index in [0.717, 1.165) is 12.8 Å². The van der Waals surface area contributed by atoms with Gasteiger partial charge in [0.1, 0.15) is 0 Å². The summed E-state index contributed by atoms with van der Waals surface area (Å²) in [4.78, 5) is 11.6. The Kier molecular flexibility index (Phi) is 11.0. The minimum atomic E-state index is -0.0477. The highest BCUT2D eigenvalue weighted by Gasteiger charge is 2.27. The highest BCUT2D eigenvalue weighted by molar-refractivity contribution is 5.70. The zero-order valence-corrected chi connectivity index (χ0v) is 13.6. The number of carbonyl (C=O) groups excluding carboxylic acids is 1. The maximum absolute atomic E-state index is 11.6. The van der Waals surface area contributed by atoms with E-state index in [1.165, 1.54) is 58.5 Å². The smallest absolute Gasteiger partial charge is 0.306 e. The molecule has 0 aromatic carbocycles. The number of esters is 1. The molecule has 0 unspecified atom stereocenters. The molecule has 0 radical (unpaired) electrons. The second-order valence-electron chi connectivity index (χ2n) is 6.18. The van der Waals surface area contributed by atoms with E-state index >= 15 is 0 Å². The Morgan fingerprint density at radius 3 is 1.74 bits per heavy atom. The van der Waals surface area contributed by atoms with Crippen LogP contribution in [0.25, 0.3) is 0 Å². The fourth-order valence-corrected chi connectivity index (χ4v) is 2.68. The van der Waals surface area contributed by atoms with Gasteiger partial charge in [-0.25, -0.2) is 0 Å². The Bertz CT molecular complexity index is 211. The van der Waals surface area contributed by atoms with Crippen molar-refractivity contribution in [2.45, 2.75) is 91.4 Å². The van der Waals surface area contributed by atoms with Crippen LogP contribution in [0.15, 0.2) is 0 Å². The monoisotopic (exact) mass is 270 g/mol. The average molecular weight is 270 g/mol. The van der Waals surface area contributed by atoms with E-state index in [1.54, 1.807) is 0 Å². The lowest BCUT2D eigenvalue weighted by Gasteiger charge is -2.28. The Hall–Kier alpha value is -0.530. The number of hydrogen-bond donors (Lipinski definition) is 0. The highest BCUT2D eigenvalue weighted by Crippen LogP contribution is 2.35. The summed E-state index contributed by atoms with van der Waals surface area (Å²) in [7, 11) is 1.50. The lowest BCUT2D eigenvalue weighted by atomic mass is 9.77. The summed E-state index contributed by atoms with van der Waals surface area (Å²) in [5, 5.41) is 0. The molecule has 114 valence electrons. The lowest BCUT2D eigenvalue weighted by Crippen LogP contribution is -2.22. The largest absolute Gasteiger partial charge is 0.469 e. The van der Waals surface area contributed by atoms with Crippen LogP contribution >= 0.6 is 0 Å². The van der Waals surface area contributed by atoms with Crippen molar-refractivity contribution in [3.05, 3.63) is 0 Å². The molecule has 0 saturated heterocycles. The fourth-order valence-electron chi connectivity index (χ4n) is 2.68. The first kappa shape index (κ1) is 18.5. The number of unbranched alkanes of at least 4 members (excludes halogenated alkanes) is 6. The third-order valence-corrected chi connectivity index (χ3v) is 4.07. The number of rotatable bonds is 12. The molecule has 0 atom stereocenters. The summed E-state index contributed by atoms with van der Waals surface area (Å²) in [6.45, 7) is 6.73. The summed E-state index contributed by atoms with van der Waals surface area (Å²) < 4.78 is 4.86. The van der Waals surface area contributed by atoms with Gasteiger partial charge in [-0.05, 0) is 18.3 Å². The van der Waals surface area contributed by atoms with Gasteiger partial charge in [0.05, 0.1) is 13.5 Å². The summed E-state index contributed by atoms with van der Waals surface area (Å²) in [5.74, 6) is -0.0477. The second kappa shape index (κ2) is 11.3. The van der Waals surface area contributed by atoms with E-state index in [4.69, 9.17) is 4.74 Å². The van der Waals surface area contributed by atoms with Crippen LogP contribution in [0.2, 0.25) is 0 Å². The Labute approximate surface area is 120 Å². The summed E-state index contributed by atoms with van der Waals surface area (Å²) in [6.07, 6.45) is 13.1. The Morgan fingerprint density at radius 1 is 0.895 bits per heavy atom. The van der Waals surface area contributed by atoms with Gasteiger partial charge in [0.15, 0.2) is 0 Å². The van der Waals surface area contributed by atoms with Crippen molar-refractivity contribution in [3.8, 4) is 0 Å². The van der Waals surface area contributed by atoms with E-state index in [0.29, 0.717) is 6.42 Å². The van der Waals surface area contributed by atoms with E-state index in [1.807, 2.05) is 0 Å². The van der Waals surface area contributed by atoms with Crippen LogP contribution in [0.5, 0.6) is 0 Å². The minimum absolute atomic E-state index is 0.0477. The number of methoxy groups -OCH3 is 1. The third kappa shape index (κ3) is 9.98. The molecule has 0 fully saturated rings. The van der Waals surface area contributed by atoms with Gasteiger partial charge in [-0.1, -0.05) is 72.1 Å². The highest BCUT2D eigenvalue weighted by atomic mass is 16.5. The van der Waals surface area contributed by atoms with Crippen molar-refractivity contribution in [3.63, 3.8) is 0 Å². The zero-order chi connectivity index (χ0) is 14.6. The fraction of sp³-hybridized carbons (Fsp3) is 0.941. The van der Waals surface area contributed by atoms with Gasteiger partial charge < -0.3 is 4.74 Å². The molecule has 0 aliphatic heterocycles. The molecular formula is C17H34O2. The molecule has 0 N–H and O–H groups in total. The summed E-state index contributed by atoms with van der Waals surface area (Å²) in [6, 6.07) is 0. The van der Waals surface area contributed by atoms with Crippen molar-refractivity contribution in [1.29, 1.82) is 0 Å². The molecule has 0 aromatic rings. The topological polar surface area (TPSA) is 26.3 Å². The molecule has 0 bridgehead atoms. The predicted octanol–water partition coefficient (Wildman–Crippen LogP) is 5.50. The van der Waals surface area contributed by atoms with Crippen LogP contribution in [0.3, 0.4) is 0 Å². The minimum Gasteiger partial charge on any atom is -0.469 e. The molecule has 0 aromatic heterocycles. The molecular weight excluding hydrogens is 236 g/mol. The van der Waals surface area contributed by atoms with Crippen LogP contribution in [0.4, 0.5) is 0 Å². The number of hydrogen-bond acceptors (Lipinski definition) is 2. The SMILES string of the molecule is CCCCCCC(C)(CCCCCC)CC(=O)OC. The number of ether oxygens (including phenoxy) is 1. The van der Waals surface area contributed by atoms with Gasteiger partial charge in [0.25, 0.3) is 0 Å². The molecule has 2 heteroatoms. The first-order chi connectivity index (χ1) is 9.08. The Balaban J connectivity index is 4.15. The standard InChI is InChI=1S/C17H34O2/c1-5-7-9-11-13-17(3,15-16(18)19-4)14-12-10-8-6-2/h5-15H2,1-4H3. The molecule has 0 saturated carbocycles. The van der Waals surface area contributed by atoms with Gasteiger partial charge in [-0.3, -0.25) is 4.79 Å². The zero-order valence-electron chi connectivity index (χ0n) is 13.6. The van der Waals surface area contributed by atoms with Crippen molar-refractivity contribution in [1.82, 2.24) is 0 Å². The molecule has 0 amide bonds. The first-order valence-electron chi connectivity index (χ1n) is 8.14. The van der Waals surface area contributed by atoms with E-state index in [2.05, 4.69) is 20.8 Å². The molecule has 0 aliphatic carbocycles. The van der Waals surface area contributed by atoms with Crippen LogP contribution in [-0.4, -0.2) is 13.1 Å². The Morgan fingerprint density at radius 2 is 1.37 bits per heavy atom. The maximum atomic E-state index is 11.6. The quantitative estimate of drug-likeness (QED) is 0.346. The van der Waals surface area contributed by atoms with Gasteiger partial charge in [-0.2, -0.15) is 0 Å². The molecule has 2 nitrogen and oxygen atoms in total. The van der Waals surface area contributed by atoms with Gasteiger partial charge >= 0.3 is 5.97 Å². The number of carbonyl (C=O) groups is 1. The molecule has 0 spiro atoms. The van der Waals surface area contributed by atoms with Gasteiger partial charge in [-0.15, -0.1) is 0 Å². The lowest BCUT2D eigenvalue weighted by molar-refractivity contribution is -0.143. The third-order valence-electron chi connectivity index (χ3n) is 4.07. The average Bonchev–Trinajstić information content (AvgIpc) is 2.40. The van der Waals surface area contributed by atoms with Crippen molar-refractivity contribution in [2.75, 3.05) is 7.11 Å². The van der Waals surface area contributed by atoms with Crippen LogP contribution in [0, 0.1) is 5.41 Å². The summed E-state index contributed by atoms with van der Waals surface area (Å²) >= 11 is 0. The molecule has 0 heterocycles. The van der Waals surface area contributed by atoms with Crippen molar-refractivity contribution in [2.24, 2.45) is 5.41 Å².